The fourth-order valence-electron chi connectivity index (χ4n) is 9.27. The summed E-state index contributed by atoms with van der Waals surface area (Å²) in [6.07, 6.45) is 0. The number of hydrogen-bond donors (Lipinski definition) is 0. The van der Waals surface area contributed by atoms with E-state index in [1.165, 1.54) is 24.3 Å². The van der Waals surface area contributed by atoms with E-state index in [4.69, 9.17) is 0 Å². The zero-order chi connectivity index (χ0) is 42.8. The Kier molecular flexibility index (Phi) is 8.97. The van der Waals surface area contributed by atoms with Gasteiger partial charge in [0.05, 0.1) is 37.6 Å². The van der Waals surface area contributed by atoms with Crippen LogP contribution in [0.15, 0.2) is 238 Å². The van der Waals surface area contributed by atoms with Crippen LogP contribution < -0.4 is 4.90 Å². The van der Waals surface area contributed by atoms with Gasteiger partial charge in [-0.25, -0.2) is 16.8 Å². The molecule has 0 saturated carbocycles. The minimum atomic E-state index is -4.18. The van der Waals surface area contributed by atoms with Crippen molar-refractivity contribution in [1.29, 1.82) is 0 Å². The number of anilines is 3. The van der Waals surface area contributed by atoms with Gasteiger partial charge in [-0.3, -0.25) is 0 Å². The quantitative estimate of drug-likeness (QED) is 0.150. The lowest BCUT2D eigenvalue weighted by atomic mass is 9.62. The van der Waals surface area contributed by atoms with Crippen LogP contribution in [0.25, 0.3) is 27.5 Å². The van der Waals surface area contributed by atoms with E-state index >= 15 is 0 Å². The molecule has 8 aromatic carbocycles. The molecule has 0 radical (unpaired) electrons. The Bertz CT molecular complexity index is 3440. The van der Waals surface area contributed by atoms with E-state index in [0.717, 1.165) is 66.8 Å². The molecule has 2 aromatic heterocycles. The molecule has 10 aromatic rings. The summed E-state index contributed by atoms with van der Waals surface area (Å²) in [6.45, 7) is 0. The van der Waals surface area contributed by atoms with Crippen molar-refractivity contribution in [3.63, 3.8) is 0 Å². The monoisotopic (exact) mass is 856 g/mol. The first-order chi connectivity index (χ1) is 30.8. The molecule has 10 heteroatoms. The predicted molar refractivity (Wildman–Crippen MR) is 247 cm³/mol. The predicted octanol–water partition coefficient (Wildman–Crippen LogP) is 11.4. The number of fused-ring (bicyclic) bond motifs is 5. The highest BCUT2D eigenvalue weighted by Gasteiger charge is 2.46. The van der Waals surface area contributed by atoms with Gasteiger partial charge in [-0.05, 0) is 107 Å². The van der Waals surface area contributed by atoms with Crippen molar-refractivity contribution in [2.24, 2.45) is 0 Å². The number of aromatic nitrogens is 3. The van der Waals surface area contributed by atoms with Gasteiger partial charge in [0.1, 0.15) is 0 Å². The second kappa shape index (κ2) is 14.8. The van der Waals surface area contributed by atoms with Gasteiger partial charge in [0.2, 0.25) is 19.7 Å². The molecule has 0 fully saturated rings. The molecule has 0 spiro atoms. The summed E-state index contributed by atoms with van der Waals surface area (Å²) in [5, 5.41) is 9.38. The van der Waals surface area contributed by atoms with Crippen LogP contribution in [0.4, 0.5) is 17.1 Å². The Morgan fingerprint density at radius 3 is 1.19 bits per heavy atom. The highest BCUT2D eigenvalue weighted by atomic mass is 32.2. The third kappa shape index (κ3) is 5.94. The van der Waals surface area contributed by atoms with Crippen molar-refractivity contribution in [1.82, 2.24) is 14.8 Å². The molecular formula is C53H36N4O4S2. The van der Waals surface area contributed by atoms with Crippen molar-refractivity contribution < 1.29 is 16.8 Å². The lowest BCUT2D eigenvalue weighted by Crippen LogP contribution is -2.37. The third-order valence-corrected chi connectivity index (χ3v) is 15.4. The molecule has 8 nitrogen and oxygen atoms in total. The van der Waals surface area contributed by atoms with E-state index in [-0.39, 0.29) is 19.8 Å². The summed E-state index contributed by atoms with van der Waals surface area (Å²) in [4.78, 5) is 2.18. The number of rotatable bonds is 8. The summed E-state index contributed by atoms with van der Waals surface area (Å²) >= 11 is 0. The van der Waals surface area contributed by atoms with Crippen LogP contribution in [0.1, 0.15) is 22.3 Å². The molecule has 0 amide bonds. The summed E-state index contributed by atoms with van der Waals surface area (Å²) in [5.41, 5.74) is 9.29. The van der Waals surface area contributed by atoms with Crippen LogP contribution >= 0.6 is 0 Å². The lowest BCUT2D eigenvalue weighted by Gasteiger charge is -2.46. The zero-order valence-corrected chi connectivity index (χ0v) is 35.2. The average Bonchev–Trinajstić information content (AvgIpc) is 3.68. The first-order valence-corrected chi connectivity index (χ1v) is 23.4. The van der Waals surface area contributed by atoms with Crippen molar-refractivity contribution in [3.8, 4) is 5.69 Å². The maximum atomic E-state index is 14.0. The molecule has 0 N–H and O–H groups in total. The average molecular weight is 857 g/mol. The minimum absolute atomic E-state index is 0.00157. The largest absolute Gasteiger partial charge is 0.310 e. The number of hydrogen-bond acceptors (Lipinski definition) is 7. The van der Waals surface area contributed by atoms with Crippen LogP contribution in [-0.2, 0) is 25.1 Å². The van der Waals surface area contributed by atoms with Crippen LogP contribution in [0.3, 0.4) is 0 Å². The molecule has 3 heterocycles. The van der Waals surface area contributed by atoms with Crippen LogP contribution in [-0.4, -0.2) is 31.6 Å². The van der Waals surface area contributed by atoms with Gasteiger partial charge in [-0.2, -0.15) is 0 Å². The Morgan fingerprint density at radius 1 is 0.365 bits per heavy atom. The normalized spacial score (nSPS) is 13.4. The van der Waals surface area contributed by atoms with Gasteiger partial charge in [0.25, 0.3) is 0 Å². The number of benzene rings is 8. The van der Waals surface area contributed by atoms with Gasteiger partial charge in [-0.15, -0.1) is 10.2 Å². The fourth-order valence-corrected chi connectivity index (χ4v) is 11.5. The van der Waals surface area contributed by atoms with Gasteiger partial charge in [0, 0.05) is 22.1 Å². The molecule has 0 saturated heterocycles. The maximum absolute atomic E-state index is 14.0. The Balaban J connectivity index is 0.906. The molecule has 0 aliphatic carbocycles. The number of sulfone groups is 2. The van der Waals surface area contributed by atoms with E-state index in [1.807, 2.05) is 60.7 Å². The zero-order valence-electron chi connectivity index (χ0n) is 33.5. The summed E-state index contributed by atoms with van der Waals surface area (Å²) in [6, 6.07) is 69.5. The van der Waals surface area contributed by atoms with Crippen LogP contribution in [0.5, 0.6) is 0 Å². The maximum Gasteiger partial charge on any atom is 0.225 e. The highest BCUT2D eigenvalue weighted by molar-refractivity contribution is 7.91. The Hall–Kier alpha value is -7.66. The van der Waals surface area contributed by atoms with Gasteiger partial charge >= 0.3 is 0 Å². The van der Waals surface area contributed by atoms with Gasteiger partial charge < -0.3 is 9.47 Å². The highest BCUT2D eigenvalue weighted by Crippen LogP contribution is 2.57. The van der Waals surface area contributed by atoms with Crippen molar-refractivity contribution in [3.05, 3.63) is 241 Å². The van der Waals surface area contributed by atoms with E-state index in [1.54, 1.807) is 36.4 Å². The Labute approximate surface area is 364 Å². The Morgan fingerprint density at radius 2 is 0.746 bits per heavy atom. The topological polar surface area (TPSA) is 102 Å². The molecule has 63 heavy (non-hydrogen) atoms. The molecule has 0 bridgehead atoms. The summed E-state index contributed by atoms with van der Waals surface area (Å²) in [5.74, 6) is 0. The minimum Gasteiger partial charge on any atom is -0.310 e. The van der Waals surface area contributed by atoms with Crippen LogP contribution in [0, 0.1) is 0 Å². The molecule has 0 unspecified atom stereocenters. The second-order valence-electron chi connectivity index (χ2n) is 15.4. The smallest absolute Gasteiger partial charge is 0.225 e. The van der Waals surface area contributed by atoms with E-state index < -0.39 is 25.1 Å². The van der Waals surface area contributed by atoms with Crippen molar-refractivity contribution in [2.45, 2.75) is 25.3 Å². The fraction of sp³-hybridized carbons (Fsp3) is 0.0189. The van der Waals surface area contributed by atoms with E-state index in [2.05, 4.69) is 117 Å². The molecule has 0 atom stereocenters. The van der Waals surface area contributed by atoms with Crippen molar-refractivity contribution >= 4 is 58.5 Å². The van der Waals surface area contributed by atoms with E-state index in [0.29, 0.717) is 0 Å². The number of nitrogens with zero attached hydrogens (tertiary/aromatic N) is 4. The first-order valence-electron chi connectivity index (χ1n) is 20.4. The third-order valence-electron chi connectivity index (χ3n) is 12.1. The molecule has 1 aliphatic heterocycles. The van der Waals surface area contributed by atoms with Crippen molar-refractivity contribution in [2.75, 3.05) is 4.90 Å². The van der Waals surface area contributed by atoms with E-state index in [9.17, 15) is 16.8 Å². The SMILES string of the molecule is O=S(=O)(c1ccc(N2c3ccccc3C(c3ccccc3)(c3ccccc3)c3ccccc32)cc1)c1ccc(S(=O)(=O)c2ccc(-n3c4ccccc4c4ccccc43)cc2)nn1. The number of para-hydroxylation sites is 4. The molecule has 1 aliphatic rings. The lowest BCUT2D eigenvalue weighted by molar-refractivity contribution is 0.580. The van der Waals surface area contributed by atoms with Gasteiger partial charge in [0.15, 0.2) is 10.1 Å². The standard InChI is InChI=1S/C53H36N4O4S2/c58-62(59,41-31-27-39(28-32-41)56-47-23-11-7-19-43(47)44-20-8-12-24-48(44)56)51-35-36-52(55-54-51)63(60,61)42-33-29-40(30-34-42)57-49-25-13-9-21-45(49)53(37-15-3-1-4-16-37,38-17-5-2-6-18-38)46-22-10-14-26-50(46)57/h1-36H. The molecule has 304 valence electrons. The molecule has 11 rings (SSSR count). The summed E-state index contributed by atoms with van der Waals surface area (Å²) in [7, 11) is -8.31. The molecular weight excluding hydrogens is 821 g/mol. The summed E-state index contributed by atoms with van der Waals surface area (Å²) < 4.78 is 57.7. The second-order valence-corrected chi connectivity index (χ2v) is 19.2. The van der Waals surface area contributed by atoms with Gasteiger partial charge in [-0.1, -0.05) is 133 Å². The van der Waals surface area contributed by atoms with Crippen LogP contribution in [0.2, 0.25) is 0 Å². The first kappa shape index (κ1) is 38.3.